The fourth-order valence-electron chi connectivity index (χ4n) is 1.88. The number of halogens is 3. The third-order valence-electron chi connectivity index (χ3n) is 2.92. The molecule has 0 aliphatic heterocycles. The molecule has 2 rings (SSSR count). The molecule has 0 saturated heterocycles. The van der Waals surface area contributed by atoms with Gasteiger partial charge < -0.3 is 10.1 Å². The molecule has 0 amide bonds. The van der Waals surface area contributed by atoms with Gasteiger partial charge in [0.05, 0.1) is 0 Å². The Morgan fingerprint density at radius 3 is 2.67 bits per heavy atom. The van der Waals surface area contributed by atoms with E-state index in [2.05, 4.69) is 21.2 Å². The Morgan fingerprint density at radius 2 is 1.95 bits per heavy atom. The van der Waals surface area contributed by atoms with E-state index < -0.39 is 0 Å². The predicted octanol–water partition coefficient (Wildman–Crippen LogP) is 4.42. The second kappa shape index (κ2) is 7.52. The fourth-order valence-corrected chi connectivity index (χ4v) is 2.21. The average molecular weight is 356 g/mol. The maximum absolute atomic E-state index is 13.7. The van der Waals surface area contributed by atoms with Crippen LogP contribution in [0.5, 0.6) is 5.75 Å². The topological polar surface area (TPSA) is 21.3 Å². The molecule has 0 aliphatic rings. The standard InChI is InChI=1S/C16H16BrF2NO/c1-2-20-9-11-5-14(18)8-15(6-11)21-10-12-3-4-13(17)7-16(12)19/h3-8,20H,2,9-10H2,1H3. The summed E-state index contributed by atoms with van der Waals surface area (Å²) >= 11 is 3.20. The van der Waals surface area contributed by atoms with Gasteiger partial charge in [0.25, 0.3) is 0 Å². The SMILES string of the molecule is CCNCc1cc(F)cc(OCc2ccc(Br)cc2F)c1. The smallest absolute Gasteiger partial charge is 0.130 e. The van der Waals surface area contributed by atoms with Gasteiger partial charge in [-0.2, -0.15) is 0 Å². The van der Waals surface area contributed by atoms with Crippen molar-refractivity contribution in [1.82, 2.24) is 5.32 Å². The third kappa shape index (κ3) is 4.79. The van der Waals surface area contributed by atoms with Gasteiger partial charge in [0.15, 0.2) is 0 Å². The lowest BCUT2D eigenvalue weighted by Gasteiger charge is -2.10. The van der Waals surface area contributed by atoms with Gasteiger partial charge in [-0.3, -0.25) is 0 Å². The molecule has 2 aromatic carbocycles. The normalized spacial score (nSPS) is 10.7. The first-order chi connectivity index (χ1) is 10.1. The highest BCUT2D eigenvalue weighted by Gasteiger charge is 2.06. The van der Waals surface area contributed by atoms with Gasteiger partial charge in [-0.25, -0.2) is 8.78 Å². The first-order valence-electron chi connectivity index (χ1n) is 6.65. The highest BCUT2D eigenvalue weighted by molar-refractivity contribution is 9.10. The van der Waals surface area contributed by atoms with Gasteiger partial charge in [-0.05, 0) is 36.4 Å². The summed E-state index contributed by atoms with van der Waals surface area (Å²) < 4.78 is 33.4. The molecule has 21 heavy (non-hydrogen) atoms. The van der Waals surface area contributed by atoms with Crippen LogP contribution in [0.3, 0.4) is 0 Å². The molecule has 0 heterocycles. The van der Waals surface area contributed by atoms with Crippen LogP contribution in [0.2, 0.25) is 0 Å². The average Bonchev–Trinajstić information content (AvgIpc) is 2.43. The van der Waals surface area contributed by atoms with E-state index in [-0.39, 0.29) is 18.2 Å². The lowest BCUT2D eigenvalue weighted by Crippen LogP contribution is -2.12. The maximum atomic E-state index is 13.7. The quantitative estimate of drug-likeness (QED) is 0.828. The number of ether oxygens (including phenoxy) is 1. The summed E-state index contributed by atoms with van der Waals surface area (Å²) in [5, 5.41) is 3.12. The van der Waals surface area contributed by atoms with E-state index in [0.29, 0.717) is 22.3 Å². The van der Waals surface area contributed by atoms with Crippen LogP contribution in [0, 0.1) is 11.6 Å². The molecule has 0 radical (unpaired) electrons. The van der Waals surface area contributed by atoms with Gasteiger partial charge in [-0.15, -0.1) is 0 Å². The van der Waals surface area contributed by atoms with Crippen LogP contribution < -0.4 is 10.1 Å². The summed E-state index contributed by atoms with van der Waals surface area (Å²) in [5.41, 5.74) is 1.22. The number of rotatable bonds is 6. The van der Waals surface area contributed by atoms with Crippen molar-refractivity contribution >= 4 is 15.9 Å². The lowest BCUT2D eigenvalue weighted by molar-refractivity contribution is 0.298. The molecule has 2 nitrogen and oxygen atoms in total. The third-order valence-corrected chi connectivity index (χ3v) is 3.41. The Hall–Kier alpha value is -1.46. The zero-order valence-electron chi connectivity index (χ0n) is 11.6. The van der Waals surface area contributed by atoms with Crippen molar-refractivity contribution in [3.63, 3.8) is 0 Å². The van der Waals surface area contributed by atoms with E-state index in [1.807, 2.05) is 6.92 Å². The highest BCUT2D eigenvalue weighted by atomic mass is 79.9. The number of hydrogen-bond donors (Lipinski definition) is 1. The van der Waals surface area contributed by atoms with Gasteiger partial charge in [0.2, 0.25) is 0 Å². The molecule has 0 aliphatic carbocycles. The van der Waals surface area contributed by atoms with E-state index in [1.54, 1.807) is 18.2 Å². The Bertz CT molecular complexity index is 619. The maximum Gasteiger partial charge on any atom is 0.130 e. The summed E-state index contributed by atoms with van der Waals surface area (Å²) in [6, 6.07) is 9.26. The molecular weight excluding hydrogens is 340 g/mol. The van der Waals surface area contributed by atoms with Crippen molar-refractivity contribution in [3.05, 3.63) is 63.6 Å². The molecule has 112 valence electrons. The van der Waals surface area contributed by atoms with Crippen molar-refractivity contribution in [2.75, 3.05) is 6.54 Å². The van der Waals surface area contributed by atoms with Crippen molar-refractivity contribution < 1.29 is 13.5 Å². The zero-order valence-corrected chi connectivity index (χ0v) is 13.2. The molecule has 0 fully saturated rings. The summed E-state index contributed by atoms with van der Waals surface area (Å²) in [4.78, 5) is 0. The van der Waals surface area contributed by atoms with Gasteiger partial charge in [0, 0.05) is 22.6 Å². The van der Waals surface area contributed by atoms with E-state index in [1.165, 1.54) is 18.2 Å². The summed E-state index contributed by atoms with van der Waals surface area (Å²) in [6.45, 7) is 3.41. The number of hydrogen-bond acceptors (Lipinski definition) is 2. The Kier molecular flexibility index (Phi) is 5.70. The summed E-state index contributed by atoms with van der Waals surface area (Å²) in [7, 11) is 0. The minimum absolute atomic E-state index is 0.0587. The largest absolute Gasteiger partial charge is 0.489 e. The second-order valence-electron chi connectivity index (χ2n) is 4.60. The zero-order chi connectivity index (χ0) is 15.2. The molecule has 0 spiro atoms. The molecular formula is C16H16BrF2NO. The molecule has 0 saturated carbocycles. The van der Waals surface area contributed by atoms with Crippen LogP contribution in [0.15, 0.2) is 40.9 Å². The molecule has 0 atom stereocenters. The summed E-state index contributed by atoms with van der Waals surface area (Å²) in [5.74, 6) is -0.324. The van der Waals surface area contributed by atoms with Gasteiger partial charge >= 0.3 is 0 Å². The van der Waals surface area contributed by atoms with Crippen molar-refractivity contribution in [3.8, 4) is 5.75 Å². The summed E-state index contributed by atoms with van der Waals surface area (Å²) in [6.07, 6.45) is 0. The minimum Gasteiger partial charge on any atom is -0.489 e. The van der Waals surface area contributed by atoms with Gasteiger partial charge in [-0.1, -0.05) is 28.9 Å². The van der Waals surface area contributed by atoms with Crippen molar-refractivity contribution in [1.29, 1.82) is 0 Å². The van der Waals surface area contributed by atoms with E-state index in [9.17, 15) is 8.78 Å². The van der Waals surface area contributed by atoms with Crippen LogP contribution in [-0.2, 0) is 13.2 Å². The lowest BCUT2D eigenvalue weighted by atomic mass is 10.2. The van der Waals surface area contributed by atoms with Crippen LogP contribution >= 0.6 is 15.9 Å². The van der Waals surface area contributed by atoms with Crippen LogP contribution in [0.1, 0.15) is 18.1 Å². The predicted molar refractivity (Wildman–Crippen MR) is 82.2 cm³/mol. The molecule has 0 unspecified atom stereocenters. The van der Waals surface area contributed by atoms with Crippen molar-refractivity contribution in [2.24, 2.45) is 0 Å². The van der Waals surface area contributed by atoms with E-state index in [0.717, 1.165) is 12.1 Å². The molecule has 0 aromatic heterocycles. The first kappa shape index (κ1) is 15.9. The Balaban J connectivity index is 2.07. The van der Waals surface area contributed by atoms with Crippen molar-refractivity contribution in [2.45, 2.75) is 20.1 Å². The Labute approximate surface area is 131 Å². The van der Waals surface area contributed by atoms with E-state index in [4.69, 9.17) is 4.74 Å². The van der Waals surface area contributed by atoms with Crippen LogP contribution in [0.4, 0.5) is 8.78 Å². The number of benzene rings is 2. The minimum atomic E-state index is -0.364. The molecule has 5 heteroatoms. The first-order valence-corrected chi connectivity index (χ1v) is 7.44. The Morgan fingerprint density at radius 1 is 1.14 bits per heavy atom. The second-order valence-corrected chi connectivity index (χ2v) is 5.52. The van der Waals surface area contributed by atoms with E-state index >= 15 is 0 Å². The van der Waals surface area contributed by atoms with Gasteiger partial charge in [0.1, 0.15) is 24.0 Å². The number of nitrogens with one attached hydrogen (secondary N) is 1. The monoisotopic (exact) mass is 355 g/mol. The molecule has 0 bridgehead atoms. The molecule has 1 N–H and O–H groups in total. The fraction of sp³-hybridized carbons (Fsp3) is 0.250. The van der Waals surface area contributed by atoms with Crippen LogP contribution in [0.25, 0.3) is 0 Å². The highest BCUT2D eigenvalue weighted by Crippen LogP contribution is 2.20. The van der Waals surface area contributed by atoms with Crippen LogP contribution in [-0.4, -0.2) is 6.54 Å². The molecule has 2 aromatic rings.